The topological polar surface area (TPSA) is 33.7 Å². The minimum atomic E-state index is 0.590. The largest absolute Gasteiger partial charge is 0.493 e. The van der Waals surface area contributed by atoms with Gasteiger partial charge in [-0.1, -0.05) is 6.92 Å². The van der Waals surface area contributed by atoms with Crippen LogP contribution in [0.5, 0.6) is 11.5 Å². The number of likely N-dealkylation sites (N-methyl/N-ethyl adjacent to an activating group) is 1. The Kier molecular flexibility index (Phi) is 4.91. The maximum absolute atomic E-state index is 5.37. The number of anilines is 1. The van der Waals surface area contributed by atoms with Crippen LogP contribution in [0, 0.1) is 0 Å². The van der Waals surface area contributed by atoms with E-state index < -0.39 is 0 Å². The van der Waals surface area contributed by atoms with E-state index in [1.54, 1.807) is 14.2 Å². The van der Waals surface area contributed by atoms with E-state index in [2.05, 4.69) is 29.3 Å². The summed E-state index contributed by atoms with van der Waals surface area (Å²) >= 11 is 0. The zero-order valence-corrected chi connectivity index (χ0v) is 12.1. The molecular weight excluding hydrogens is 240 g/mol. The Morgan fingerprint density at radius 1 is 1.26 bits per heavy atom. The SMILES string of the molecule is CCNC1CCCN(c2ccc(OC)c(OC)c2)C1. The maximum Gasteiger partial charge on any atom is 0.162 e. The van der Waals surface area contributed by atoms with Gasteiger partial charge < -0.3 is 19.7 Å². The third kappa shape index (κ3) is 3.32. The standard InChI is InChI=1S/C15H24N2O2/c1-4-16-12-6-5-9-17(11-12)13-7-8-14(18-2)15(10-13)19-3/h7-8,10,12,16H,4-6,9,11H2,1-3H3. The fourth-order valence-corrected chi connectivity index (χ4v) is 2.69. The molecule has 1 N–H and O–H groups in total. The smallest absolute Gasteiger partial charge is 0.162 e. The quantitative estimate of drug-likeness (QED) is 0.884. The van der Waals surface area contributed by atoms with Gasteiger partial charge in [0.05, 0.1) is 14.2 Å². The summed E-state index contributed by atoms with van der Waals surface area (Å²) in [4.78, 5) is 2.42. The fourth-order valence-electron chi connectivity index (χ4n) is 2.69. The third-order valence-corrected chi connectivity index (χ3v) is 3.65. The average molecular weight is 264 g/mol. The van der Waals surface area contributed by atoms with Gasteiger partial charge in [0, 0.05) is 30.9 Å². The number of piperidine rings is 1. The van der Waals surface area contributed by atoms with Gasteiger partial charge in [-0.05, 0) is 31.5 Å². The van der Waals surface area contributed by atoms with Crippen molar-refractivity contribution in [3.05, 3.63) is 18.2 Å². The van der Waals surface area contributed by atoms with E-state index in [1.807, 2.05) is 6.07 Å². The van der Waals surface area contributed by atoms with Crippen LogP contribution in [-0.2, 0) is 0 Å². The molecule has 0 radical (unpaired) electrons. The van der Waals surface area contributed by atoms with E-state index in [-0.39, 0.29) is 0 Å². The van der Waals surface area contributed by atoms with Crippen molar-refractivity contribution in [2.45, 2.75) is 25.8 Å². The molecule has 0 amide bonds. The van der Waals surface area contributed by atoms with Gasteiger partial charge in [0.25, 0.3) is 0 Å². The minimum Gasteiger partial charge on any atom is -0.493 e. The van der Waals surface area contributed by atoms with Crippen molar-refractivity contribution >= 4 is 5.69 Å². The number of hydrogen-bond donors (Lipinski definition) is 1. The van der Waals surface area contributed by atoms with E-state index in [1.165, 1.54) is 18.5 Å². The molecule has 1 aliphatic heterocycles. The number of methoxy groups -OCH3 is 2. The molecule has 1 heterocycles. The molecule has 1 aromatic rings. The van der Waals surface area contributed by atoms with Crippen LogP contribution in [0.3, 0.4) is 0 Å². The summed E-state index contributed by atoms with van der Waals surface area (Å²) in [5.41, 5.74) is 1.21. The molecule has 2 rings (SSSR count). The van der Waals surface area contributed by atoms with Crippen LogP contribution < -0.4 is 19.7 Å². The van der Waals surface area contributed by atoms with Crippen LogP contribution in [0.15, 0.2) is 18.2 Å². The molecule has 1 unspecified atom stereocenters. The van der Waals surface area contributed by atoms with Crippen LogP contribution in [-0.4, -0.2) is 39.9 Å². The second kappa shape index (κ2) is 6.66. The van der Waals surface area contributed by atoms with Gasteiger partial charge in [-0.15, -0.1) is 0 Å². The monoisotopic (exact) mass is 264 g/mol. The molecule has 1 aliphatic rings. The highest BCUT2D eigenvalue weighted by atomic mass is 16.5. The lowest BCUT2D eigenvalue weighted by atomic mass is 10.0. The number of rotatable bonds is 5. The molecule has 0 saturated carbocycles. The van der Waals surface area contributed by atoms with Crippen LogP contribution >= 0.6 is 0 Å². The van der Waals surface area contributed by atoms with E-state index in [0.29, 0.717) is 6.04 Å². The highest BCUT2D eigenvalue weighted by Gasteiger charge is 2.20. The third-order valence-electron chi connectivity index (χ3n) is 3.65. The van der Waals surface area contributed by atoms with Crippen molar-refractivity contribution < 1.29 is 9.47 Å². The van der Waals surface area contributed by atoms with Gasteiger partial charge >= 0.3 is 0 Å². The van der Waals surface area contributed by atoms with Crippen molar-refractivity contribution in [3.63, 3.8) is 0 Å². The Morgan fingerprint density at radius 3 is 2.74 bits per heavy atom. The van der Waals surface area contributed by atoms with Gasteiger partial charge in [-0.25, -0.2) is 0 Å². The molecule has 1 saturated heterocycles. The van der Waals surface area contributed by atoms with Crippen molar-refractivity contribution in [3.8, 4) is 11.5 Å². The Balaban J connectivity index is 2.12. The Bertz CT molecular complexity index is 407. The molecule has 1 atom stereocenters. The van der Waals surface area contributed by atoms with Crippen LogP contribution in [0.25, 0.3) is 0 Å². The van der Waals surface area contributed by atoms with Gasteiger partial charge in [0.1, 0.15) is 0 Å². The average Bonchev–Trinajstić information content (AvgIpc) is 2.47. The molecule has 1 fully saturated rings. The van der Waals surface area contributed by atoms with Crippen LogP contribution in [0.2, 0.25) is 0 Å². The summed E-state index contributed by atoms with van der Waals surface area (Å²) < 4.78 is 10.7. The van der Waals surface area contributed by atoms with Crippen molar-refractivity contribution in [2.75, 3.05) is 38.8 Å². The summed E-state index contributed by atoms with van der Waals surface area (Å²) in [6.45, 7) is 5.36. The van der Waals surface area contributed by atoms with Crippen molar-refractivity contribution in [1.29, 1.82) is 0 Å². The summed E-state index contributed by atoms with van der Waals surface area (Å²) in [5.74, 6) is 1.58. The summed E-state index contributed by atoms with van der Waals surface area (Å²) in [7, 11) is 3.35. The van der Waals surface area contributed by atoms with Crippen molar-refractivity contribution in [2.24, 2.45) is 0 Å². The van der Waals surface area contributed by atoms with E-state index in [0.717, 1.165) is 31.1 Å². The Morgan fingerprint density at radius 2 is 2.05 bits per heavy atom. The number of benzene rings is 1. The van der Waals surface area contributed by atoms with Gasteiger partial charge in [0.15, 0.2) is 11.5 Å². The molecule has 0 aliphatic carbocycles. The molecule has 106 valence electrons. The summed E-state index contributed by atoms with van der Waals surface area (Å²) in [6.07, 6.45) is 2.49. The van der Waals surface area contributed by atoms with E-state index in [9.17, 15) is 0 Å². The molecule has 0 aromatic heterocycles. The predicted octanol–water partition coefficient (Wildman–Crippen LogP) is 2.28. The molecule has 1 aromatic carbocycles. The lowest BCUT2D eigenvalue weighted by Crippen LogP contribution is -2.45. The van der Waals surface area contributed by atoms with Gasteiger partial charge in [0.2, 0.25) is 0 Å². The van der Waals surface area contributed by atoms with Gasteiger partial charge in [-0.2, -0.15) is 0 Å². The Hall–Kier alpha value is -1.42. The highest BCUT2D eigenvalue weighted by Crippen LogP contribution is 2.32. The molecule has 0 bridgehead atoms. The molecule has 4 nitrogen and oxygen atoms in total. The van der Waals surface area contributed by atoms with E-state index >= 15 is 0 Å². The number of nitrogens with zero attached hydrogens (tertiary/aromatic N) is 1. The Labute approximate surface area is 115 Å². The fraction of sp³-hybridized carbons (Fsp3) is 0.600. The molecular formula is C15H24N2O2. The predicted molar refractivity (Wildman–Crippen MR) is 78.5 cm³/mol. The molecule has 4 heteroatoms. The second-order valence-corrected chi connectivity index (χ2v) is 4.88. The second-order valence-electron chi connectivity index (χ2n) is 4.88. The lowest BCUT2D eigenvalue weighted by molar-refractivity contribution is 0.354. The van der Waals surface area contributed by atoms with Gasteiger partial charge in [-0.3, -0.25) is 0 Å². The zero-order chi connectivity index (χ0) is 13.7. The maximum atomic E-state index is 5.37. The first kappa shape index (κ1) is 14.0. The number of ether oxygens (including phenoxy) is 2. The first-order chi connectivity index (χ1) is 9.28. The summed E-state index contributed by atoms with van der Waals surface area (Å²) in [6, 6.07) is 6.74. The zero-order valence-electron chi connectivity index (χ0n) is 12.1. The van der Waals surface area contributed by atoms with Crippen molar-refractivity contribution in [1.82, 2.24) is 5.32 Å². The first-order valence-electron chi connectivity index (χ1n) is 6.98. The molecule has 19 heavy (non-hydrogen) atoms. The number of hydrogen-bond acceptors (Lipinski definition) is 4. The number of nitrogens with one attached hydrogen (secondary N) is 1. The molecule has 0 spiro atoms. The minimum absolute atomic E-state index is 0.590. The van der Waals surface area contributed by atoms with E-state index in [4.69, 9.17) is 9.47 Å². The highest BCUT2D eigenvalue weighted by molar-refractivity contribution is 5.56. The first-order valence-corrected chi connectivity index (χ1v) is 6.98. The van der Waals surface area contributed by atoms with Crippen LogP contribution in [0.1, 0.15) is 19.8 Å². The normalized spacial score (nSPS) is 19.3. The lowest BCUT2D eigenvalue weighted by Gasteiger charge is -2.35. The summed E-state index contributed by atoms with van der Waals surface area (Å²) in [5, 5.41) is 3.54. The van der Waals surface area contributed by atoms with Crippen LogP contribution in [0.4, 0.5) is 5.69 Å².